The van der Waals surface area contributed by atoms with Gasteiger partial charge in [-0.1, -0.05) is 167 Å². The third-order valence-electron chi connectivity index (χ3n) is 13.7. The molecule has 12 rings (SSSR count). The topological polar surface area (TPSA) is 16.4 Å². The van der Waals surface area contributed by atoms with E-state index < -0.39 is 0 Å². The van der Waals surface area contributed by atoms with Crippen LogP contribution < -0.4 is 4.90 Å². The second-order valence-corrected chi connectivity index (χ2v) is 17.7. The SMILES string of the molecule is CC1(C)c2ccccc2-c2ccc(N(c3ccc4c(c3)C(C)(C)c3ccccc3-4)c3cccc4oc5c6ccccc6c(-c6cccc(-c7ccccc7)c6)cc5c34)cc21. The van der Waals surface area contributed by atoms with E-state index in [1.165, 1.54) is 72.1 Å². The summed E-state index contributed by atoms with van der Waals surface area (Å²) in [5.74, 6) is 0. The van der Waals surface area contributed by atoms with E-state index in [0.717, 1.165) is 44.4 Å². The highest BCUT2D eigenvalue weighted by atomic mass is 16.3. The van der Waals surface area contributed by atoms with E-state index >= 15 is 0 Å². The lowest BCUT2D eigenvalue weighted by atomic mass is 9.82. The van der Waals surface area contributed by atoms with Crippen molar-refractivity contribution in [2.45, 2.75) is 38.5 Å². The second-order valence-electron chi connectivity index (χ2n) is 17.7. The maximum Gasteiger partial charge on any atom is 0.143 e. The molecule has 2 nitrogen and oxygen atoms in total. The first kappa shape index (κ1) is 34.8. The number of rotatable bonds is 5. The lowest BCUT2D eigenvalue weighted by molar-refractivity contribution is 0.660. The Morgan fingerprint density at radius 3 is 1.57 bits per heavy atom. The zero-order chi connectivity index (χ0) is 40.3. The van der Waals surface area contributed by atoms with Crippen LogP contribution in [0.5, 0.6) is 0 Å². The lowest BCUT2D eigenvalue weighted by Gasteiger charge is -2.30. The van der Waals surface area contributed by atoms with E-state index in [-0.39, 0.29) is 10.8 Å². The van der Waals surface area contributed by atoms with Gasteiger partial charge in [0.25, 0.3) is 0 Å². The van der Waals surface area contributed by atoms with Crippen LogP contribution >= 0.6 is 0 Å². The van der Waals surface area contributed by atoms with Crippen LogP contribution in [0.1, 0.15) is 49.9 Å². The normalized spacial score (nSPS) is 14.3. The molecule has 286 valence electrons. The van der Waals surface area contributed by atoms with Crippen LogP contribution in [-0.4, -0.2) is 0 Å². The van der Waals surface area contributed by atoms with Gasteiger partial charge in [-0.15, -0.1) is 0 Å². The van der Waals surface area contributed by atoms with Gasteiger partial charge in [-0.3, -0.25) is 0 Å². The zero-order valence-electron chi connectivity index (χ0n) is 34.3. The third-order valence-corrected chi connectivity index (χ3v) is 13.7. The Morgan fingerprint density at radius 1 is 0.367 bits per heavy atom. The van der Waals surface area contributed by atoms with Crippen molar-refractivity contribution in [3.8, 4) is 44.5 Å². The van der Waals surface area contributed by atoms with Crippen molar-refractivity contribution in [3.05, 3.63) is 210 Å². The fraction of sp³-hybridized carbons (Fsp3) is 0.103. The molecule has 1 aromatic heterocycles. The van der Waals surface area contributed by atoms with Gasteiger partial charge < -0.3 is 9.32 Å². The van der Waals surface area contributed by atoms with Crippen LogP contribution in [0.2, 0.25) is 0 Å². The van der Waals surface area contributed by atoms with E-state index in [1.54, 1.807) is 0 Å². The van der Waals surface area contributed by atoms with Gasteiger partial charge in [-0.05, 0) is 121 Å². The molecule has 0 spiro atoms. The van der Waals surface area contributed by atoms with Crippen molar-refractivity contribution in [2.75, 3.05) is 4.90 Å². The minimum Gasteiger partial charge on any atom is -0.455 e. The van der Waals surface area contributed by atoms with E-state index in [2.05, 4.69) is 221 Å². The van der Waals surface area contributed by atoms with Gasteiger partial charge in [0, 0.05) is 33.0 Å². The molecular formula is C58H43NO. The van der Waals surface area contributed by atoms with Crippen molar-refractivity contribution in [3.63, 3.8) is 0 Å². The number of anilines is 3. The lowest BCUT2D eigenvalue weighted by Crippen LogP contribution is -2.18. The summed E-state index contributed by atoms with van der Waals surface area (Å²) in [4.78, 5) is 2.49. The highest BCUT2D eigenvalue weighted by molar-refractivity contribution is 6.22. The van der Waals surface area contributed by atoms with Gasteiger partial charge in [0.1, 0.15) is 11.2 Å². The van der Waals surface area contributed by atoms with Crippen molar-refractivity contribution >= 4 is 49.8 Å². The Balaban J connectivity index is 1.13. The van der Waals surface area contributed by atoms with Crippen molar-refractivity contribution in [2.24, 2.45) is 0 Å². The fourth-order valence-corrected chi connectivity index (χ4v) is 10.6. The molecule has 10 aromatic rings. The van der Waals surface area contributed by atoms with Gasteiger partial charge in [0.2, 0.25) is 0 Å². The fourth-order valence-electron chi connectivity index (χ4n) is 10.6. The maximum absolute atomic E-state index is 6.98. The minimum atomic E-state index is -0.147. The first-order chi connectivity index (χ1) is 29.3. The van der Waals surface area contributed by atoms with Gasteiger partial charge >= 0.3 is 0 Å². The summed E-state index contributed by atoms with van der Waals surface area (Å²) in [6.07, 6.45) is 0. The summed E-state index contributed by atoms with van der Waals surface area (Å²) in [7, 11) is 0. The molecule has 0 atom stereocenters. The third kappa shape index (κ3) is 4.94. The summed E-state index contributed by atoms with van der Waals surface area (Å²) >= 11 is 0. The quantitative estimate of drug-likeness (QED) is 0.173. The first-order valence-electron chi connectivity index (χ1n) is 21.1. The molecule has 2 aliphatic carbocycles. The number of furan rings is 1. The van der Waals surface area contributed by atoms with E-state index in [0.29, 0.717) is 0 Å². The van der Waals surface area contributed by atoms with Crippen LogP contribution in [-0.2, 0) is 10.8 Å². The molecule has 60 heavy (non-hydrogen) atoms. The molecule has 0 aliphatic heterocycles. The number of nitrogens with zero attached hydrogens (tertiary/aromatic N) is 1. The van der Waals surface area contributed by atoms with Crippen molar-refractivity contribution in [1.82, 2.24) is 0 Å². The molecular weight excluding hydrogens is 727 g/mol. The van der Waals surface area contributed by atoms with Crippen LogP contribution in [0.15, 0.2) is 192 Å². The number of benzene rings is 9. The molecule has 0 saturated heterocycles. The second kappa shape index (κ2) is 12.7. The Kier molecular flexibility index (Phi) is 7.36. The molecule has 0 amide bonds. The summed E-state index contributed by atoms with van der Waals surface area (Å²) in [6.45, 7) is 9.46. The smallest absolute Gasteiger partial charge is 0.143 e. The molecule has 2 aliphatic rings. The van der Waals surface area contributed by atoms with Gasteiger partial charge in [-0.2, -0.15) is 0 Å². The van der Waals surface area contributed by atoms with Crippen molar-refractivity contribution < 1.29 is 4.42 Å². The average molecular weight is 770 g/mol. The summed E-state index contributed by atoms with van der Waals surface area (Å²) < 4.78 is 6.98. The highest BCUT2D eigenvalue weighted by Gasteiger charge is 2.38. The number of hydrogen-bond acceptors (Lipinski definition) is 2. The summed E-state index contributed by atoms with van der Waals surface area (Å²) in [5, 5.41) is 4.49. The predicted octanol–water partition coefficient (Wildman–Crippen LogP) is 16.2. The van der Waals surface area contributed by atoms with Crippen LogP contribution in [0.4, 0.5) is 17.1 Å². The van der Waals surface area contributed by atoms with E-state index in [1.807, 2.05) is 0 Å². The zero-order valence-corrected chi connectivity index (χ0v) is 34.3. The Bertz CT molecular complexity index is 3280. The monoisotopic (exact) mass is 769 g/mol. The molecule has 0 radical (unpaired) electrons. The minimum absolute atomic E-state index is 0.147. The molecule has 1 heterocycles. The Hall–Kier alpha value is -7.16. The van der Waals surface area contributed by atoms with Crippen LogP contribution in [0, 0.1) is 0 Å². The first-order valence-corrected chi connectivity index (χ1v) is 21.1. The van der Waals surface area contributed by atoms with Crippen molar-refractivity contribution in [1.29, 1.82) is 0 Å². The molecule has 0 N–H and O–H groups in total. The molecule has 0 bridgehead atoms. The van der Waals surface area contributed by atoms with E-state index in [9.17, 15) is 0 Å². The van der Waals surface area contributed by atoms with Gasteiger partial charge in [-0.25, -0.2) is 0 Å². The molecule has 0 unspecified atom stereocenters. The standard InChI is InChI=1S/C58H43NO/c1-57(2)49-24-12-10-21-42(49)44-30-28-39(33-51(44)57)59(40-29-31-45-43-22-11-13-25-50(43)58(3,4)52(45)34-40)53-26-15-27-54-55(53)48-35-47(41-20-8-9-23-46(41)56(48)60-54)38-19-14-18-37(32-38)36-16-6-5-7-17-36/h5-35H,1-4H3. The summed E-state index contributed by atoms with van der Waals surface area (Å²) in [6, 6.07) is 69.3. The van der Waals surface area contributed by atoms with Crippen LogP contribution in [0.25, 0.3) is 77.2 Å². The van der Waals surface area contributed by atoms with Crippen LogP contribution in [0.3, 0.4) is 0 Å². The average Bonchev–Trinajstić information content (AvgIpc) is 3.87. The largest absolute Gasteiger partial charge is 0.455 e. The number of fused-ring (bicyclic) bond motifs is 11. The Labute approximate surface area is 351 Å². The summed E-state index contributed by atoms with van der Waals surface area (Å²) in [5.41, 5.74) is 20.3. The molecule has 0 saturated carbocycles. The van der Waals surface area contributed by atoms with Gasteiger partial charge in [0.15, 0.2) is 0 Å². The van der Waals surface area contributed by atoms with E-state index in [4.69, 9.17) is 4.42 Å². The maximum atomic E-state index is 6.98. The molecule has 0 fully saturated rings. The highest BCUT2D eigenvalue weighted by Crippen LogP contribution is 2.54. The number of hydrogen-bond donors (Lipinski definition) is 0. The Morgan fingerprint density at radius 2 is 0.900 bits per heavy atom. The van der Waals surface area contributed by atoms with Gasteiger partial charge in [0.05, 0.1) is 11.1 Å². The predicted molar refractivity (Wildman–Crippen MR) is 252 cm³/mol. The molecule has 9 aromatic carbocycles. The molecule has 2 heteroatoms.